The molecule has 6 heteroatoms. The van der Waals surface area contributed by atoms with Gasteiger partial charge in [-0.3, -0.25) is 9.89 Å². The molecule has 0 aliphatic carbocycles. The lowest BCUT2D eigenvalue weighted by Gasteiger charge is -2.35. The Bertz CT molecular complexity index is 448. The van der Waals surface area contributed by atoms with Crippen LogP contribution in [-0.4, -0.2) is 86.0 Å². The highest BCUT2D eigenvalue weighted by atomic mass is 16.5. The number of hydrogen-bond acceptors (Lipinski definition) is 4. The van der Waals surface area contributed by atoms with E-state index in [1.54, 1.807) is 0 Å². The van der Waals surface area contributed by atoms with Gasteiger partial charge in [-0.15, -0.1) is 0 Å². The largest absolute Gasteiger partial charge is 0.376 e. The van der Waals surface area contributed by atoms with Crippen molar-refractivity contribution in [2.24, 2.45) is 4.99 Å². The van der Waals surface area contributed by atoms with E-state index in [0.717, 1.165) is 77.6 Å². The van der Waals surface area contributed by atoms with Crippen molar-refractivity contribution in [3.8, 4) is 0 Å². The molecule has 2 heterocycles. The van der Waals surface area contributed by atoms with E-state index >= 15 is 0 Å². The summed E-state index contributed by atoms with van der Waals surface area (Å²) < 4.78 is 12.0. The van der Waals surface area contributed by atoms with Gasteiger partial charge in [-0.25, -0.2) is 0 Å². The van der Waals surface area contributed by atoms with Crippen molar-refractivity contribution in [3.63, 3.8) is 0 Å². The van der Waals surface area contributed by atoms with Crippen molar-refractivity contribution in [3.05, 3.63) is 0 Å². The van der Waals surface area contributed by atoms with Crippen LogP contribution in [0.5, 0.6) is 0 Å². The van der Waals surface area contributed by atoms with E-state index in [0.29, 0.717) is 24.3 Å². The van der Waals surface area contributed by atoms with Gasteiger partial charge in [0, 0.05) is 51.4 Å². The van der Waals surface area contributed by atoms with Gasteiger partial charge in [0.05, 0.1) is 18.8 Å². The van der Waals surface area contributed by atoms with Gasteiger partial charge in [-0.2, -0.15) is 0 Å². The van der Waals surface area contributed by atoms with Crippen LogP contribution in [0.4, 0.5) is 0 Å². The summed E-state index contributed by atoms with van der Waals surface area (Å²) in [7, 11) is 0. The molecule has 0 spiro atoms. The van der Waals surface area contributed by atoms with Gasteiger partial charge in [-0.05, 0) is 73.1 Å². The molecule has 29 heavy (non-hydrogen) atoms. The van der Waals surface area contributed by atoms with E-state index in [1.165, 1.54) is 12.8 Å². The van der Waals surface area contributed by atoms with E-state index in [4.69, 9.17) is 14.5 Å². The van der Waals surface area contributed by atoms with Crippen LogP contribution >= 0.6 is 0 Å². The quantitative estimate of drug-likeness (QED) is 0.339. The van der Waals surface area contributed by atoms with E-state index in [-0.39, 0.29) is 0 Å². The number of hydrogen-bond donors (Lipinski definition) is 1. The van der Waals surface area contributed by atoms with Crippen molar-refractivity contribution in [1.29, 1.82) is 0 Å². The lowest BCUT2D eigenvalue weighted by Crippen LogP contribution is -2.47. The Hall–Kier alpha value is -0.850. The molecular formula is C23H46N4O2. The molecule has 1 atom stereocenters. The van der Waals surface area contributed by atoms with Crippen molar-refractivity contribution in [2.45, 2.75) is 97.4 Å². The number of ether oxygens (including phenoxy) is 2. The van der Waals surface area contributed by atoms with Crippen LogP contribution in [0.25, 0.3) is 0 Å². The molecule has 0 saturated carbocycles. The van der Waals surface area contributed by atoms with Gasteiger partial charge in [0.2, 0.25) is 0 Å². The summed E-state index contributed by atoms with van der Waals surface area (Å²) in [5, 5.41) is 3.49. The number of aliphatic imine (C=N–C) groups is 1. The fourth-order valence-corrected chi connectivity index (χ4v) is 4.39. The molecule has 1 unspecified atom stereocenters. The van der Waals surface area contributed by atoms with Crippen LogP contribution in [0.1, 0.15) is 73.1 Å². The molecule has 2 aliphatic rings. The van der Waals surface area contributed by atoms with Crippen molar-refractivity contribution in [2.75, 3.05) is 45.9 Å². The van der Waals surface area contributed by atoms with Gasteiger partial charge in [0.1, 0.15) is 0 Å². The molecule has 2 rings (SSSR count). The maximum absolute atomic E-state index is 6.16. The second kappa shape index (κ2) is 13.5. The molecule has 2 aliphatic heterocycles. The molecule has 0 bridgehead atoms. The van der Waals surface area contributed by atoms with Crippen LogP contribution < -0.4 is 5.32 Å². The van der Waals surface area contributed by atoms with E-state index in [2.05, 4.69) is 49.7 Å². The summed E-state index contributed by atoms with van der Waals surface area (Å²) in [6.45, 7) is 17.9. The minimum absolute atomic E-state index is 0.317. The lowest BCUT2D eigenvalue weighted by atomic mass is 10.1. The van der Waals surface area contributed by atoms with Gasteiger partial charge < -0.3 is 19.7 Å². The van der Waals surface area contributed by atoms with Crippen LogP contribution in [0.2, 0.25) is 0 Å². The normalized spacial score (nSPS) is 22.1. The SMILES string of the molecule is CCNC(=NCCCN(C(C)C)C(C)C)N1CCC(OCC2CCCCO2)CC1. The van der Waals surface area contributed by atoms with Crippen LogP contribution in [-0.2, 0) is 9.47 Å². The summed E-state index contributed by atoms with van der Waals surface area (Å²) in [6, 6.07) is 1.18. The lowest BCUT2D eigenvalue weighted by molar-refractivity contribution is -0.0721. The molecule has 6 nitrogen and oxygen atoms in total. The second-order valence-corrected chi connectivity index (χ2v) is 9.02. The monoisotopic (exact) mass is 410 g/mol. The summed E-state index contributed by atoms with van der Waals surface area (Å²) in [4.78, 5) is 9.87. The fraction of sp³-hybridized carbons (Fsp3) is 0.957. The molecule has 0 aromatic carbocycles. The Labute approximate surface area is 179 Å². The van der Waals surface area contributed by atoms with E-state index in [9.17, 15) is 0 Å². The maximum Gasteiger partial charge on any atom is 0.193 e. The fourth-order valence-electron chi connectivity index (χ4n) is 4.39. The summed E-state index contributed by atoms with van der Waals surface area (Å²) in [5.41, 5.74) is 0. The predicted molar refractivity (Wildman–Crippen MR) is 122 cm³/mol. The number of nitrogens with zero attached hydrogens (tertiary/aromatic N) is 3. The van der Waals surface area contributed by atoms with Crippen molar-refractivity contribution >= 4 is 5.96 Å². The molecule has 0 amide bonds. The third-order valence-corrected chi connectivity index (χ3v) is 6.03. The molecule has 0 aromatic rings. The average Bonchev–Trinajstić information content (AvgIpc) is 2.72. The first-order chi connectivity index (χ1) is 14.0. The molecule has 1 N–H and O–H groups in total. The van der Waals surface area contributed by atoms with Crippen molar-refractivity contribution in [1.82, 2.24) is 15.1 Å². The van der Waals surface area contributed by atoms with Crippen molar-refractivity contribution < 1.29 is 9.47 Å². The number of rotatable bonds is 10. The molecule has 2 saturated heterocycles. The third kappa shape index (κ3) is 8.81. The predicted octanol–water partition coefficient (Wildman–Crippen LogP) is 3.51. The van der Waals surface area contributed by atoms with Gasteiger partial charge in [0.25, 0.3) is 0 Å². The minimum Gasteiger partial charge on any atom is -0.376 e. The molecule has 170 valence electrons. The van der Waals surface area contributed by atoms with Gasteiger partial charge in [-0.1, -0.05) is 0 Å². The molecule has 0 radical (unpaired) electrons. The smallest absolute Gasteiger partial charge is 0.193 e. The molecular weight excluding hydrogens is 364 g/mol. The third-order valence-electron chi connectivity index (χ3n) is 6.03. The minimum atomic E-state index is 0.317. The molecule has 0 aromatic heterocycles. The zero-order chi connectivity index (χ0) is 21.1. The standard InChI is InChI=1S/C23H46N4O2/c1-6-24-23(25-13-9-14-27(19(2)3)20(4)5)26-15-11-21(12-16-26)29-18-22-10-7-8-17-28-22/h19-22H,6-18H2,1-5H3,(H,24,25). The molecule has 2 fully saturated rings. The first-order valence-electron chi connectivity index (χ1n) is 12.0. The van der Waals surface area contributed by atoms with Gasteiger partial charge >= 0.3 is 0 Å². The number of nitrogens with one attached hydrogen (secondary N) is 1. The highest BCUT2D eigenvalue weighted by Crippen LogP contribution is 2.18. The Morgan fingerprint density at radius 2 is 1.86 bits per heavy atom. The Balaban J connectivity index is 1.72. The number of likely N-dealkylation sites (tertiary alicyclic amines) is 1. The first kappa shape index (κ1) is 24.4. The Morgan fingerprint density at radius 1 is 1.14 bits per heavy atom. The van der Waals surface area contributed by atoms with Crippen LogP contribution in [0.15, 0.2) is 4.99 Å². The first-order valence-corrected chi connectivity index (χ1v) is 12.0. The summed E-state index contributed by atoms with van der Waals surface area (Å²) in [5.74, 6) is 1.07. The Kier molecular flexibility index (Phi) is 11.3. The second-order valence-electron chi connectivity index (χ2n) is 9.02. The Morgan fingerprint density at radius 3 is 2.45 bits per heavy atom. The van der Waals surface area contributed by atoms with Crippen LogP contribution in [0.3, 0.4) is 0 Å². The highest BCUT2D eigenvalue weighted by molar-refractivity contribution is 5.80. The van der Waals surface area contributed by atoms with Gasteiger partial charge in [0.15, 0.2) is 5.96 Å². The summed E-state index contributed by atoms with van der Waals surface area (Å²) in [6.07, 6.45) is 7.57. The van der Waals surface area contributed by atoms with E-state index < -0.39 is 0 Å². The van der Waals surface area contributed by atoms with E-state index in [1.807, 2.05) is 0 Å². The number of guanidine groups is 1. The zero-order valence-corrected chi connectivity index (χ0v) is 19.7. The number of piperidine rings is 1. The summed E-state index contributed by atoms with van der Waals surface area (Å²) >= 11 is 0. The zero-order valence-electron chi connectivity index (χ0n) is 19.7. The van der Waals surface area contributed by atoms with Crippen LogP contribution in [0, 0.1) is 0 Å². The average molecular weight is 411 g/mol. The topological polar surface area (TPSA) is 49.3 Å². The maximum atomic E-state index is 6.16. The highest BCUT2D eigenvalue weighted by Gasteiger charge is 2.23.